The van der Waals surface area contributed by atoms with Crippen LogP contribution in [0.2, 0.25) is 0 Å². The summed E-state index contributed by atoms with van der Waals surface area (Å²) in [5, 5.41) is 0. The smallest absolute Gasteiger partial charge is 0.339 e. The fourth-order valence-electron chi connectivity index (χ4n) is 2.12. The third kappa shape index (κ3) is 4.09. The van der Waals surface area contributed by atoms with Crippen LogP contribution in [0.4, 0.5) is 0 Å². The van der Waals surface area contributed by atoms with Crippen LogP contribution in [0, 0.1) is 6.92 Å². The van der Waals surface area contributed by atoms with Gasteiger partial charge in [-0.05, 0) is 36.2 Å². The van der Waals surface area contributed by atoms with Crippen LogP contribution in [0.15, 0.2) is 48.5 Å². The number of carbonyl (C=O) groups is 1. The third-order valence-corrected chi connectivity index (χ3v) is 3.33. The predicted octanol–water partition coefficient (Wildman–Crippen LogP) is 3.43. The van der Waals surface area contributed by atoms with Gasteiger partial charge in [0.2, 0.25) is 0 Å². The molecule has 0 fully saturated rings. The van der Waals surface area contributed by atoms with Gasteiger partial charge in [-0.15, -0.1) is 0 Å². The number of hydrogen-bond acceptors (Lipinski definition) is 4. The molecule has 0 saturated carbocycles. The average molecular weight is 300 g/mol. The van der Waals surface area contributed by atoms with E-state index in [-0.39, 0.29) is 0 Å². The highest BCUT2D eigenvalue weighted by Gasteiger charge is 2.20. The van der Waals surface area contributed by atoms with Crippen LogP contribution in [0.1, 0.15) is 22.8 Å². The highest BCUT2D eigenvalue weighted by molar-refractivity contribution is 5.76. The SMILES string of the molecule is COC(=O)C(OC)c1cccc(COc2ccc(C)cc2)c1. The van der Waals surface area contributed by atoms with E-state index in [1.165, 1.54) is 19.8 Å². The average Bonchev–Trinajstić information content (AvgIpc) is 2.55. The molecule has 2 rings (SSSR count). The lowest BCUT2D eigenvalue weighted by atomic mass is 10.1. The van der Waals surface area contributed by atoms with Gasteiger partial charge in [-0.2, -0.15) is 0 Å². The standard InChI is InChI=1S/C18H20O4/c1-13-7-9-16(10-8-13)22-12-14-5-4-6-15(11-14)17(20-2)18(19)21-3/h4-11,17H,12H2,1-3H3. The molecule has 1 atom stereocenters. The Morgan fingerprint density at radius 2 is 1.82 bits per heavy atom. The second-order valence-electron chi connectivity index (χ2n) is 4.99. The molecule has 4 nitrogen and oxygen atoms in total. The topological polar surface area (TPSA) is 44.8 Å². The Bertz CT molecular complexity index is 619. The second kappa shape index (κ2) is 7.61. The van der Waals surface area contributed by atoms with Crippen molar-refractivity contribution in [3.63, 3.8) is 0 Å². The summed E-state index contributed by atoms with van der Waals surface area (Å²) in [7, 11) is 2.83. The van der Waals surface area contributed by atoms with Crippen LogP contribution >= 0.6 is 0 Å². The lowest BCUT2D eigenvalue weighted by Crippen LogP contribution is -2.16. The van der Waals surface area contributed by atoms with E-state index >= 15 is 0 Å². The molecule has 0 N–H and O–H groups in total. The largest absolute Gasteiger partial charge is 0.489 e. The Labute approximate surface area is 130 Å². The van der Waals surface area contributed by atoms with Gasteiger partial charge in [0.05, 0.1) is 7.11 Å². The molecule has 1 unspecified atom stereocenters. The highest BCUT2D eigenvalue weighted by atomic mass is 16.6. The van der Waals surface area contributed by atoms with Gasteiger partial charge >= 0.3 is 5.97 Å². The van der Waals surface area contributed by atoms with Crippen LogP contribution < -0.4 is 4.74 Å². The Morgan fingerprint density at radius 3 is 2.45 bits per heavy atom. The number of rotatable bonds is 6. The van der Waals surface area contributed by atoms with Crippen LogP contribution in [-0.4, -0.2) is 20.2 Å². The fourth-order valence-corrected chi connectivity index (χ4v) is 2.12. The first kappa shape index (κ1) is 16.0. The lowest BCUT2D eigenvalue weighted by molar-refractivity contribution is -0.152. The minimum Gasteiger partial charge on any atom is -0.489 e. The molecule has 0 aromatic heterocycles. The van der Waals surface area contributed by atoms with Gasteiger partial charge < -0.3 is 14.2 Å². The van der Waals surface area contributed by atoms with Crippen molar-refractivity contribution < 1.29 is 19.0 Å². The van der Waals surface area contributed by atoms with E-state index in [0.717, 1.165) is 16.9 Å². The van der Waals surface area contributed by atoms with Crippen molar-refractivity contribution in [2.45, 2.75) is 19.6 Å². The van der Waals surface area contributed by atoms with E-state index in [2.05, 4.69) is 0 Å². The van der Waals surface area contributed by atoms with Crippen molar-refractivity contribution in [1.29, 1.82) is 0 Å². The van der Waals surface area contributed by atoms with Crippen molar-refractivity contribution in [1.82, 2.24) is 0 Å². The zero-order chi connectivity index (χ0) is 15.9. The maximum Gasteiger partial charge on any atom is 0.339 e. The van der Waals surface area contributed by atoms with Crippen molar-refractivity contribution in [2.24, 2.45) is 0 Å². The molecule has 0 bridgehead atoms. The van der Waals surface area contributed by atoms with E-state index < -0.39 is 12.1 Å². The molecule has 0 heterocycles. The summed E-state index contributed by atoms with van der Waals surface area (Å²) in [6, 6.07) is 15.4. The van der Waals surface area contributed by atoms with Gasteiger partial charge in [-0.3, -0.25) is 0 Å². The molecule has 2 aromatic rings. The number of hydrogen-bond donors (Lipinski definition) is 0. The molecule has 2 aromatic carbocycles. The molecule has 116 valence electrons. The monoisotopic (exact) mass is 300 g/mol. The molecular formula is C18H20O4. The van der Waals surface area contributed by atoms with E-state index in [1.807, 2.05) is 55.5 Å². The van der Waals surface area contributed by atoms with Crippen LogP contribution in [0.5, 0.6) is 5.75 Å². The summed E-state index contributed by atoms with van der Waals surface area (Å²) in [5.41, 5.74) is 2.90. The molecule has 0 radical (unpaired) electrons. The lowest BCUT2D eigenvalue weighted by Gasteiger charge is -2.14. The summed E-state index contributed by atoms with van der Waals surface area (Å²) in [6.45, 7) is 2.46. The number of carbonyl (C=O) groups excluding carboxylic acids is 1. The molecule has 0 spiro atoms. The minimum atomic E-state index is -0.718. The molecule has 0 aliphatic rings. The normalized spacial score (nSPS) is 11.8. The Balaban J connectivity index is 2.07. The zero-order valence-corrected chi connectivity index (χ0v) is 13.0. The Morgan fingerprint density at radius 1 is 1.09 bits per heavy atom. The number of esters is 1. The Hall–Kier alpha value is -2.33. The number of aryl methyl sites for hydroxylation is 1. The molecule has 0 aliphatic carbocycles. The van der Waals surface area contributed by atoms with Crippen LogP contribution in [0.25, 0.3) is 0 Å². The molecule has 22 heavy (non-hydrogen) atoms. The minimum absolute atomic E-state index is 0.417. The first-order chi connectivity index (χ1) is 10.6. The quantitative estimate of drug-likeness (QED) is 0.767. The van der Waals surface area contributed by atoms with Crippen molar-refractivity contribution in [3.05, 3.63) is 65.2 Å². The summed E-state index contributed by atoms with van der Waals surface area (Å²) in [4.78, 5) is 11.7. The van der Waals surface area contributed by atoms with E-state index in [1.54, 1.807) is 0 Å². The first-order valence-electron chi connectivity index (χ1n) is 7.03. The van der Waals surface area contributed by atoms with Crippen molar-refractivity contribution in [2.75, 3.05) is 14.2 Å². The van der Waals surface area contributed by atoms with Gasteiger partial charge in [-0.25, -0.2) is 4.79 Å². The molecular weight excluding hydrogens is 280 g/mol. The third-order valence-electron chi connectivity index (χ3n) is 3.33. The number of ether oxygens (including phenoxy) is 3. The first-order valence-corrected chi connectivity index (χ1v) is 7.03. The summed E-state index contributed by atoms with van der Waals surface area (Å²) >= 11 is 0. The molecule has 4 heteroatoms. The number of methoxy groups -OCH3 is 2. The van der Waals surface area contributed by atoms with E-state index in [4.69, 9.17) is 14.2 Å². The summed E-state index contributed by atoms with van der Waals surface area (Å²) in [5.74, 6) is 0.395. The van der Waals surface area contributed by atoms with E-state index in [0.29, 0.717) is 6.61 Å². The van der Waals surface area contributed by atoms with Gasteiger partial charge in [0.1, 0.15) is 12.4 Å². The van der Waals surface area contributed by atoms with Gasteiger partial charge in [0.25, 0.3) is 0 Å². The predicted molar refractivity (Wildman–Crippen MR) is 83.7 cm³/mol. The maximum absolute atomic E-state index is 11.7. The molecule has 0 saturated heterocycles. The molecule has 0 aliphatic heterocycles. The summed E-state index contributed by atoms with van der Waals surface area (Å²) in [6.07, 6.45) is -0.718. The number of benzene rings is 2. The van der Waals surface area contributed by atoms with E-state index in [9.17, 15) is 4.79 Å². The second-order valence-corrected chi connectivity index (χ2v) is 4.99. The van der Waals surface area contributed by atoms with Crippen molar-refractivity contribution >= 4 is 5.97 Å². The summed E-state index contributed by atoms with van der Waals surface area (Å²) < 4.78 is 15.7. The van der Waals surface area contributed by atoms with Gasteiger partial charge in [0, 0.05) is 7.11 Å². The van der Waals surface area contributed by atoms with Crippen molar-refractivity contribution in [3.8, 4) is 5.75 Å². The van der Waals surface area contributed by atoms with Crippen LogP contribution in [-0.2, 0) is 20.9 Å². The van der Waals surface area contributed by atoms with Gasteiger partial charge in [-0.1, -0.05) is 35.9 Å². The van der Waals surface area contributed by atoms with Crippen LogP contribution in [0.3, 0.4) is 0 Å². The van der Waals surface area contributed by atoms with Gasteiger partial charge in [0.15, 0.2) is 6.10 Å². The fraction of sp³-hybridized carbons (Fsp3) is 0.278. The zero-order valence-electron chi connectivity index (χ0n) is 13.0. The highest BCUT2D eigenvalue weighted by Crippen LogP contribution is 2.20. The molecule has 0 amide bonds. The maximum atomic E-state index is 11.7. The Kier molecular flexibility index (Phi) is 5.55.